The van der Waals surface area contributed by atoms with E-state index in [-0.39, 0.29) is 0 Å². The second-order valence-electron chi connectivity index (χ2n) is 3.84. The average molecular weight is 192 g/mol. The molecule has 1 saturated heterocycles. The third-order valence-corrected chi connectivity index (χ3v) is 2.77. The van der Waals surface area contributed by atoms with E-state index in [2.05, 4.69) is 18.5 Å². The standard InChI is InChI=1S/C12H20N2/c1-4-11(13)8-7-10(2)12-6-5-9-14(12)3/h4,7-8,12H,2,5-6,9,13H2,1,3H3/b8-7-,11-4+. The van der Waals surface area contributed by atoms with Crippen molar-refractivity contribution in [1.82, 2.24) is 4.90 Å². The van der Waals surface area contributed by atoms with Gasteiger partial charge in [-0.3, -0.25) is 4.90 Å². The van der Waals surface area contributed by atoms with E-state index in [0.717, 1.165) is 11.3 Å². The minimum absolute atomic E-state index is 0.510. The topological polar surface area (TPSA) is 29.3 Å². The summed E-state index contributed by atoms with van der Waals surface area (Å²) in [4.78, 5) is 2.35. The van der Waals surface area contributed by atoms with E-state index < -0.39 is 0 Å². The maximum Gasteiger partial charge on any atom is 0.0339 e. The van der Waals surface area contributed by atoms with Gasteiger partial charge in [0.2, 0.25) is 0 Å². The zero-order valence-electron chi connectivity index (χ0n) is 9.16. The zero-order chi connectivity index (χ0) is 10.6. The fraction of sp³-hybridized carbons (Fsp3) is 0.500. The van der Waals surface area contributed by atoms with Gasteiger partial charge in [0.1, 0.15) is 0 Å². The lowest BCUT2D eigenvalue weighted by atomic mass is 10.1. The van der Waals surface area contributed by atoms with Gasteiger partial charge in [-0.15, -0.1) is 0 Å². The SMILES string of the molecule is C=C(/C=C\C(N)=C/C)C1CCCN1C. The number of rotatable bonds is 3. The van der Waals surface area contributed by atoms with Gasteiger partial charge in [0.15, 0.2) is 0 Å². The van der Waals surface area contributed by atoms with E-state index in [9.17, 15) is 0 Å². The zero-order valence-corrected chi connectivity index (χ0v) is 9.16. The van der Waals surface area contributed by atoms with Crippen LogP contribution >= 0.6 is 0 Å². The first-order valence-electron chi connectivity index (χ1n) is 5.14. The Morgan fingerprint density at radius 3 is 2.71 bits per heavy atom. The maximum atomic E-state index is 5.67. The van der Waals surface area contributed by atoms with E-state index in [4.69, 9.17) is 5.73 Å². The van der Waals surface area contributed by atoms with Gasteiger partial charge in [-0.05, 0) is 45.0 Å². The summed E-state index contributed by atoms with van der Waals surface area (Å²) >= 11 is 0. The lowest BCUT2D eigenvalue weighted by molar-refractivity contribution is 0.349. The molecular formula is C12H20N2. The molecule has 0 aliphatic carbocycles. The van der Waals surface area contributed by atoms with Crippen molar-refractivity contribution in [3.63, 3.8) is 0 Å². The molecular weight excluding hydrogens is 172 g/mol. The number of hydrogen-bond donors (Lipinski definition) is 1. The normalized spacial score (nSPS) is 24.7. The fourth-order valence-electron chi connectivity index (χ4n) is 1.79. The van der Waals surface area contributed by atoms with Gasteiger partial charge in [0, 0.05) is 11.7 Å². The van der Waals surface area contributed by atoms with E-state index in [0.29, 0.717) is 6.04 Å². The summed E-state index contributed by atoms with van der Waals surface area (Å²) in [6, 6.07) is 0.510. The smallest absolute Gasteiger partial charge is 0.0339 e. The number of nitrogens with zero attached hydrogens (tertiary/aromatic N) is 1. The molecule has 78 valence electrons. The van der Waals surface area contributed by atoms with Crippen LogP contribution in [0.15, 0.2) is 36.1 Å². The molecule has 0 aromatic carbocycles. The number of nitrogens with two attached hydrogens (primary N) is 1. The molecule has 0 spiro atoms. The van der Waals surface area contributed by atoms with Crippen molar-refractivity contribution in [2.24, 2.45) is 5.73 Å². The summed E-state index contributed by atoms with van der Waals surface area (Å²) in [5.41, 5.74) is 7.63. The van der Waals surface area contributed by atoms with Crippen LogP contribution in [0.2, 0.25) is 0 Å². The van der Waals surface area contributed by atoms with Crippen molar-refractivity contribution in [2.75, 3.05) is 13.6 Å². The van der Waals surface area contributed by atoms with Crippen molar-refractivity contribution >= 4 is 0 Å². The summed E-state index contributed by atoms with van der Waals surface area (Å²) in [5.74, 6) is 0. The number of likely N-dealkylation sites (tertiary alicyclic amines) is 1. The van der Waals surface area contributed by atoms with Crippen LogP contribution in [0.25, 0.3) is 0 Å². The summed E-state index contributed by atoms with van der Waals surface area (Å²) in [7, 11) is 2.15. The minimum Gasteiger partial charge on any atom is -0.399 e. The van der Waals surface area contributed by atoms with Crippen molar-refractivity contribution in [1.29, 1.82) is 0 Å². The lowest BCUT2D eigenvalue weighted by Gasteiger charge is -2.19. The average Bonchev–Trinajstić information content (AvgIpc) is 2.60. The molecule has 2 N–H and O–H groups in total. The Kier molecular flexibility index (Phi) is 3.96. The summed E-state index contributed by atoms with van der Waals surface area (Å²) in [5, 5.41) is 0. The van der Waals surface area contributed by atoms with Crippen LogP contribution in [0.5, 0.6) is 0 Å². The predicted octanol–water partition coefficient (Wildman–Crippen LogP) is 2.06. The van der Waals surface area contributed by atoms with E-state index in [1.165, 1.54) is 19.4 Å². The van der Waals surface area contributed by atoms with Gasteiger partial charge >= 0.3 is 0 Å². The Hall–Kier alpha value is -1.02. The molecule has 0 radical (unpaired) electrons. The molecule has 0 bridgehead atoms. The minimum atomic E-state index is 0.510. The number of hydrogen-bond acceptors (Lipinski definition) is 2. The van der Waals surface area contributed by atoms with Crippen LogP contribution in [-0.2, 0) is 0 Å². The molecule has 1 atom stereocenters. The third kappa shape index (κ3) is 2.74. The van der Waals surface area contributed by atoms with E-state index in [1.54, 1.807) is 0 Å². The van der Waals surface area contributed by atoms with Crippen LogP contribution in [0.1, 0.15) is 19.8 Å². The van der Waals surface area contributed by atoms with E-state index in [1.807, 2.05) is 25.2 Å². The monoisotopic (exact) mass is 192 g/mol. The van der Waals surface area contributed by atoms with Crippen LogP contribution in [-0.4, -0.2) is 24.5 Å². The quantitative estimate of drug-likeness (QED) is 0.693. The number of likely N-dealkylation sites (N-methyl/N-ethyl adjacent to an activating group) is 1. The first-order valence-corrected chi connectivity index (χ1v) is 5.14. The van der Waals surface area contributed by atoms with Crippen molar-refractivity contribution in [3.8, 4) is 0 Å². The molecule has 1 heterocycles. The molecule has 1 aliphatic heterocycles. The molecule has 14 heavy (non-hydrogen) atoms. The molecule has 0 aromatic rings. The third-order valence-electron chi connectivity index (χ3n) is 2.77. The summed E-state index contributed by atoms with van der Waals surface area (Å²) < 4.78 is 0. The Balaban J connectivity index is 2.53. The molecule has 0 aromatic heterocycles. The lowest BCUT2D eigenvalue weighted by Crippen LogP contribution is -2.25. The van der Waals surface area contributed by atoms with Crippen molar-refractivity contribution < 1.29 is 0 Å². The first kappa shape index (κ1) is 11.1. The first-order chi connectivity index (χ1) is 6.65. The Morgan fingerprint density at radius 1 is 1.50 bits per heavy atom. The number of allylic oxidation sites excluding steroid dienone is 2. The Bertz CT molecular complexity index is 263. The molecule has 2 heteroatoms. The molecule has 1 fully saturated rings. The van der Waals surface area contributed by atoms with Crippen molar-refractivity contribution in [3.05, 3.63) is 36.1 Å². The molecule has 2 nitrogen and oxygen atoms in total. The van der Waals surface area contributed by atoms with Gasteiger partial charge in [-0.25, -0.2) is 0 Å². The van der Waals surface area contributed by atoms with Gasteiger partial charge in [-0.2, -0.15) is 0 Å². The maximum absolute atomic E-state index is 5.67. The highest BCUT2D eigenvalue weighted by molar-refractivity contribution is 5.28. The molecule has 1 rings (SSSR count). The second-order valence-corrected chi connectivity index (χ2v) is 3.84. The second kappa shape index (κ2) is 5.01. The summed E-state index contributed by atoms with van der Waals surface area (Å²) in [6.07, 6.45) is 8.33. The highest BCUT2D eigenvalue weighted by Crippen LogP contribution is 2.21. The van der Waals surface area contributed by atoms with Crippen LogP contribution in [0, 0.1) is 0 Å². The largest absolute Gasteiger partial charge is 0.399 e. The van der Waals surface area contributed by atoms with Gasteiger partial charge in [0.25, 0.3) is 0 Å². The highest BCUT2D eigenvalue weighted by Gasteiger charge is 2.21. The predicted molar refractivity (Wildman–Crippen MR) is 61.9 cm³/mol. The summed E-state index contributed by atoms with van der Waals surface area (Å²) in [6.45, 7) is 7.19. The van der Waals surface area contributed by atoms with Gasteiger partial charge in [-0.1, -0.05) is 18.7 Å². The van der Waals surface area contributed by atoms with Crippen LogP contribution in [0.3, 0.4) is 0 Å². The Labute approximate surface area is 86.8 Å². The van der Waals surface area contributed by atoms with Crippen molar-refractivity contribution in [2.45, 2.75) is 25.8 Å². The van der Waals surface area contributed by atoms with Gasteiger partial charge in [0.05, 0.1) is 0 Å². The fourth-order valence-corrected chi connectivity index (χ4v) is 1.79. The molecule has 0 amide bonds. The molecule has 1 unspecified atom stereocenters. The van der Waals surface area contributed by atoms with E-state index >= 15 is 0 Å². The van der Waals surface area contributed by atoms with Gasteiger partial charge < -0.3 is 5.73 Å². The molecule has 0 saturated carbocycles. The van der Waals surface area contributed by atoms with Crippen LogP contribution in [0.4, 0.5) is 0 Å². The van der Waals surface area contributed by atoms with Crippen LogP contribution < -0.4 is 5.73 Å². The Morgan fingerprint density at radius 2 is 2.21 bits per heavy atom. The molecule has 1 aliphatic rings. The highest BCUT2D eigenvalue weighted by atomic mass is 15.1.